The third kappa shape index (κ3) is 1.65. The summed E-state index contributed by atoms with van der Waals surface area (Å²) in [6, 6.07) is 0. The molecule has 2 N–H and O–H groups in total. The second-order valence-corrected chi connectivity index (χ2v) is 3.44. The Hall–Kier alpha value is -0.710. The molecule has 1 rings (SSSR count). The summed E-state index contributed by atoms with van der Waals surface area (Å²) in [5, 5.41) is 11.2. The van der Waals surface area contributed by atoms with Gasteiger partial charge in [-0.3, -0.25) is 0 Å². The van der Waals surface area contributed by atoms with Gasteiger partial charge in [-0.2, -0.15) is 0 Å². The third-order valence-corrected chi connectivity index (χ3v) is 2.32. The lowest BCUT2D eigenvalue weighted by atomic mass is 10.4. The molecule has 1 aliphatic heterocycles. The molecule has 0 aromatic heterocycles. The molecule has 11 heavy (non-hydrogen) atoms. The number of hydrogen-bond acceptors (Lipinski definition) is 3. The Balaban J connectivity index is 2.62. The quantitative estimate of drug-likeness (QED) is 0.540. The van der Waals surface area contributed by atoms with Crippen molar-refractivity contribution in [2.24, 2.45) is 0 Å². The summed E-state index contributed by atoms with van der Waals surface area (Å²) in [5.74, 6) is -1.01. The monoisotopic (exact) mass is 221 g/mol. The van der Waals surface area contributed by atoms with E-state index < -0.39 is 10.6 Å². The van der Waals surface area contributed by atoms with Gasteiger partial charge < -0.3 is 15.2 Å². The minimum Gasteiger partial charge on any atom is -0.476 e. The maximum atomic E-state index is 10.4. The van der Waals surface area contributed by atoms with Crippen LogP contribution in [0.1, 0.15) is 13.3 Å². The van der Waals surface area contributed by atoms with Crippen molar-refractivity contribution in [1.82, 2.24) is 5.32 Å². The highest BCUT2D eigenvalue weighted by molar-refractivity contribution is 9.10. The average molecular weight is 222 g/mol. The molecule has 0 spiro atoms. The molecule has 0 amide bonds. The topological polar surface area (TPSA) is 58.6 Å². The molecular formula is C6H8BrNO3. The molecule has 4 nitrogen and oxygen atoms in total. The van der Waals surface area contributed by atoms with E-state index in [1.165, 1.54) is 6.26 Å². The first-order valence-corrected chi connectivity index (χ1v) is 3.95. The van der Waals surface area contributed by atoms with E-state index in [0.717, 1.165) is 0 Å². The van der Waals surface area contributed by atoms with Gasteiger partial charge in [0.15, 0.2) is 5.70 Å². The first kappa shape index (κ1) is 8.39. The zero-order chi connectivity index (χ0) is 8.48. The smallest absolute Gasteiger partial charge is 0.355 e. The van der Waals surface area contributed by atoms with Crippen LogP contribution in [0, 0.1) is 0 Å². The van der Waals surface area contributed by atoms with E-state index in [2.05, 4.69) is 21.2 Å². The molecule has 0 fully saturated rings. The predicted molar refractivity (Wildman–Crippen MR) is 41.9 cm³/mol. The molecule has 1 heterocycles. The van der Waals surface area contributed by atoms with Crippen molar-refractivity contribution in [2.75, 3.05) is 0 Å². The standard InChI is InChI=1S/C6H8BrNO3/c1-2-6(7)8-4(3-11-6)5(9)10/h3,8H,2H2,1H3,(H,9,10). The normalized spacial score (nSPS) is 28.7. The number of nitrogens with one attached hydrogen (secondary N) is 1. The highest BCUT2D eigenvalue weighted by Crippen LogP contribution is 2.27. The lowest BCUT2D eigenvalue weighted by molar-refractivity contribution is -0.133. The van der Waals surface area contributed by atoms with Crippen molar-refractivity contribution in [2.45, 2.75) is 18.0 Å². The van der Waals surface area contributed by atoms with Gasteiger partial charge in [0.1, 0.15) is 6.26 Å². The summed E-state index contributed by atoms with van der Waals surface area (Å²) in [7, 11) is 0. The molecule has 0 saturated carbocycles. The molecule has 0 aromatic carbocycles. The van der Waals surface area contributed by atoms with Gasteiger partial charge in [-0.25, -0.2) is 4.79 Å². The van der Waals surface area contributed by atoms with Crippen LogP contribution < -0.4 is 5.32 Å². The maximum absolute atomic E-state index is 10.4. The van der Waals surface area contributed by atoms with E-state index >= 15 is 0 Å². The van der Waals surface area contributed by atoms with Gasteiger partial charge in [-0.1, -0.05) is 6.92 Å². The number of aliphatic carboxylic acids is 1. The molecule has 5 heteroatoms. The van der Waals surface area contributed by atoms with E-state index in [-0.39, 0.29) is 5.70 Å². The van der Waals surface area contributed by atoms with Gasteiger partial charge in [-0.05, 0) is 15.9 Å². The SMILES string of the molecule is CCC1(Br)NC(C(=O)O)=CO1. The van der Waals surface area contributed by atoms with Gasteiger partial charge in [0, 0.05) is 6.42 Å². The van der Waals surface area contributed by atoms with Gasteiger partial charge in [0.2, 0.25) is 4.63 Å². The van der Waals surface area contributed by atoms with E-state index in [1.54, 1.807) is 0 Å². The Kier molecular flexibility index (Phi) is 2.08. The summed E-state index contributed by atoms with van der Waals surface area (Å²) < 4.78 is 4.30. The van der Waals surface area contributed by atoms with E-state index in [4.69, 9.17) is 9.84 Å². The van der Waals surface area contributed by atoms with Crippen molar-refractivity contribution < 1.29 is 14.6 Å². The first-order chi connectivity index (χ1) is 5.07. The van der Waals surface area contributed by atoms with Crippen LogP contribution in [0.15, 0.2) is 12.0 Å². The number of carbonyl (C=O) groups is 1. The fourth-order valence-electron chi connectivity index (χ4n) is 0.688. The molecule has 62 valence electrons. The van der Waals surface area contributed by atoms with Crippen LogP contribution >= 0.6 is 15.9 Å². The molecule has 0 bridgehead atoms. The summed E-state index contributed by atoms with van der Waals surface area (Å²) in [4.78, 5) is 10.4. The summed E-state index contributed by atoms with van der Waals surface area (Å²) in [6.45, 7) is 1.88. The molecule has 1 aliphatic rings. The van der Waals surface area contributed by atoms with Crippen molar-refractivity contribution in [1.29, 1.82) is 0 Å². The highest BCUT2D eigenvalue weighted by atomic mass is 79.9. The molecule has 0 radical (unpaired) electrons. The summed E-state index contributed by atoms with van der Waals surface area (Å²) in [6.07, 6.45) is 1.83. The summed E-state index contributed by atoms with van der Waals surface area (Å²) in [5.41, 5.74) is 0.0729. The third-order valence-electron chi connectivity index (χ3n) is 1.37. The fourth-order valence-corrected chi connectivity index (χ4v) is 0.995. The van der Waals surface area contributed by atoms with Crippen LogP contribution in [0.3, 0.4) is 0 Å². The van der Waals surface area contributed by atoms with E-state index in [1.807, 2.05) is 6.92 Å². The van der Waals surface area contributed by atoms with E-state index in [9.17, 15) is 4.79 Å². The predicted octanol–water partition coefficient (Wildman–Crippen LogP) is 0.991. The minimum absolute atomic E-state index is 0.0729. The van der Waals surface area contributed by atoms with Crippen molar-refractivity contribution in [3.63, 3.8) is 0 Å². The number of hydrogen-bond donors (Lipinski definition) is 2. The molecular weight excluding hydrogens is 214 g/mol. The number of rotatable bonds is 2. The van der Waals surface area contributed by atoms with E-state index in [0.29, 0.717) is 6.42 Å². The first-order valence-electron chi connectivity index (χ1n) is 3.16. The van der Waals surface area contributed by atoms with Gasteiger partial charge in [-0.15, -0.1) is 0 Å². The Bertz CT molecular complexity index is 216. The van der Waals surface area contributed by atoms with Crippen LogP contribution in [0.5, 0.6) is 0 Å². The van der Waals surface area contributed by atoms with Crippen molar-refractivity contribution >= 4 is 21.9 Å². The molecule has 0 aliphatic carbocycles. The Morgan fingerprint density at radius 1 is 2.00 bits per heavy atom. The van der Waals surface area contributed by atoms with Gasteiger partial charge >= 0.3 is 5.97 Å². The zero-order valence-corrected chi connectivity index (χ0v) is 7.51. The second kappa shape index (κ2) is 2.73. The highest BCUT2D eigenvalue weighted by Gasteiger charge is 2.33. The fraction of sp³-hybridized carbons (Fsp3) is 0.500. The number of carboxylic acid groups (broad SMARTS) is 1. The van der Waals surface area contributed by atoms with Crippen LogP contribution in [-0.4, -0.2) is 15.7 Å². The van der Waals surface area contributed by atoms with Crippen LogP contribution in [0.2, 0.25) is 0 Å². The molecule has 0 saturated heterocycles. The zero-order valence-electron chi connectivity index (χ0n) is 5.93. The molecule has 1 atom stereocenters. The number of alkyl halides is 1. The number of halogens is 1. The van der Waals surface area contributed by atoms with Crippen molar-refractivity contribution in [3.05, 3.63) is 12.0 Å². The van der Waals surface area contributed by atoms with Crippen LogP contribution in [-0.2, 0) is 9.53 Å². The largest absolute Gasteiger partial charge is 0.476 e. The lowest BCUT2D eigenvalue weighted by Gasteiger charge is -2.20. The average Bonchev–Trinajstić information content (AvgIpc) is 2.33. The van der Waals surface area contributed by atoms with Gasteiger partial charge in [0.05, 0.1) is 0 Å². The Morgan fingerprint density at radius 2 is 2.64 bits per heavy atom. The van der Waals surface area contributed by atoms with Crippen molar-refractivity contribution in [3.8, 4) is 0 Å². The summed E-state index contributed by atoms with van der Waals surface area (Å²) >= 11 is 3.20. The lowest BCUT2D eigenvalue weighted by Crippen LogP contribution is -2.35. The Morgan fingerprint density at radius 3 is 2.91 bits per heavy atom. The minimum atomic E-state index is -1.01. The van der Waals surface area contributed by atoms with Gasteiger partial charge in [0.25, 0.3) is 0 Å². The molecule has 0 aromatic rings. The van der Waals surface area contributed by atoms with Crippen LogP contribution in [0.25, 0.3) is 0 Å². The number of carboxylic acids is 1. The van der Waals surface area contributed by atoms with Crippen LogP contribution in [0.4, 0.5) is 0 Å². The molecule has 1 unspecified atom stereocenters. The number of ether oxygens (including phenoxy) is 1. The second-order valence-electron chi connectivity index (χ2n) is 2.16. The Labute approximate surface area is 72.4 Å². The maximum Gasteiger partial charge on any atom is 0.355 e.